The van der Waals surface area contributed by atoms with Crippen molar-refractivity contribution in [2.24, 2.45) is 0 Å². The van der Waals surface area contributed by atoms with Crippen molar-refractivity contribution in [3.05, 3.63) is 59.2 Å². The number of hydrogen-bond donors (Lipinski definition) is 1. The van der Waals surface area contributed by atoms with Crippen LogP contribution in [0.5, 0.6) is 11.5 Å². The number of methoxy groups -OCH3 is 2. The lowest BCUT2D eigenvalue weighted by Gasteiger charge is -2.28. The molecule has 1 aliphatic heterocycles. The summed E-state index contributed by atoms with van der Waals surface area (Å²) in [5.41, 5.74) is 2.95. The van der Waals surface area contributed by atoms with Gasteiger partial charge >= 0.3 is 0 Å². The molecule has 8 heteroatoms. The first-order valence-corrected chi connectivity index (χ1v) is 11.1. The predicted molar refractivity (Wildman–Crippen MR) is 111 cm³/mol. The molecule has 0 unspecified atom stereocenters. The molecule has 2 aromatic rings. The number of amides is 1. The third-order valence-corrected chi connectivity index (χ3v) is 6.81. The van der Waals surface area contributed by atoms with E-state index in [-0.39, 0.29) is 24.6 Å². The number of nitrogens with one attached hydrogen (secondary N) is 1. The Morgan fingerprint density at radius 3 is 2.41 bits per heavy atom. The van der Waals surface area contributed by atoms with Crippen LogP contribution in [0.3, 0.4) is 0 Å². The highest BCUT2D eigenvalue weighted by Crippen LogP contribution is 2.25. The highest BCUT2D eigenvalue weighted by molar-refractivity contribution is 7.89. The average molecular weight is 419 g/mol. The molecule has 0 radical (unpaired) electrons. The minimum Gasteiger partial charge on any atom is -0.497 e. The zero-order chi connectivity index (χ0) is 20.9. The maximum absolute atomic E-state index is 12.7. The first-order valence-electron chi connectivity index (χ1n) is 9.44. The van der Waals surface area contributed by atoms with Gasteiger partial charge in [0.15, 0.2) is 0 Å². The zero-order valence-corrected chi connectivity index (χ0v) is 17.5. The second-order valence-electron chi connectivity index (χ2n) is 6.91. The van der Waals surface area contributed by atoms with Crippen molar-refractivity contribution in [2.75, 3.05) is 33.1 Å². The number of fused-ring (bicyclic) bond motifs is 1. The molecule has 7 nitrogen and oxygen atoms in total. The van der Waals surface area contributed by atoms with Crippen LogP contribution in [0.15, 0.2) is 42.5 Å². The summed E-state index contributed by atoms with van der Waals surface area (Å²) in [4.78, 5) is 12.1. The Balaban J connectivity index is 1.49. The van der Waals surface area contributed by atoms with Gasteiger partial charge in [0.25, 0.3) is 0 Å². The average Bonchev–Trinajstić information content (AvgIpc) is 2.73. The quantitative estimate of drug-likeness (QED) is 0.706. The maximum Gasteiger partial charge on any atom is 0.224 e. The van der Waals surface area contributed by atoms with E-state index < -0.39 is 10.0 Å². The van der Waals surface area contributed by atoms with Crippen molar-refractivity contribution in [3.63, 3.8) is 0 Å². The Labute approximate surface area is 171 Å². The van der Waals surface area contributed by atoms with Crippen LogP contribution in [0, 0.1) is 0 Å². The minimum atomic E-state index is -3.45. The monoisotopic (exact) mass is 418 g/mol. The molecule has 1 aliphatic rings. The molecular formula is C21H26N2O5S. The summed E-state index contributed by atoms with van der Waals surface area (Å²) in [5, 5.41) is 2.70. The lowest BCUT2D eigenvalue weighted by molar-refractivity contribution is -0.120. The Morgan fingerprint density at radius 1 is 1.03 bits per heavy atom. The highest BCUT2D eigenvalue weighted by Gasteiger charge is 2.26. The van der Waals surface area contributed by atoms with Gasteiger partial charge in [0.05, 0.1) is 26.4 Å². The van der Waals surface area contributed by atoms with Crippen LogP contribution in [0.1, 0.15) is 16.7 Å². The Kier molecular flexibility index (Phi) is 6.76. The molecule has 0 saturated heterocycles. The van der Waals surface area contributed by atoms with Gasteiger partial charge in [-0.25, -0.2) is 8.42 Å². The van der Waals surface area contributed by atoms with E-state index in [1.54, 1.807) is 26.4 Å². The number of nitrogens with zero attached hydrogens (tertiary/aromatic N) is 1. The lowest BCUT2D eigenvalue weighted by Crippen LogP contribution is -2.40. The molecule has 156 valence electrons. The molecule has 0 aromatic heterocycles. The van der Waals surface area contributed by atoms with Gasteiger partial charge in [0.1, 0.15) is 11.5 Å². The molecule has 1 amide bonds. The van der Waals surface area contributed by atoms with Gasteiger partial charge in [0.2, 0.25) is 15.9 Å². The van der Waals surface area contributed by atoms with Crippen molar-refractivity contribution in [1.29, 1.82) is 0 Å². The van der Waals surface area contributed by atoms with Gasteiger partial charge in [-0.15, -0.1) is 0 Å². The molecule has 0 saturated carbocycles. The normalized spacial score (nSPS) is 14.1. The van der Waals surface area contributed by atoms with Crippen LogP contribution < -0.4 is 14.8 Å². The number of carbonyl (C=O) groups excluding carboxylic acids is 1. The van der Waals surface area contributed by atoms with Crippen molar-refractivity contribution in [1.82, 2.24) is 9.62 Å². The van der Waals surface area contributed by atoms with Crippen LogP contribution in [0.4, 0.5) is 0 Å². The summed E-state index contributed by atoms with van der Waals surface area (Å²) < 4.78 is 37.1. The third-order valence-electron chi connectivity index (χ3n) is 4.99. The van der Waals surface area contributed by atoms with Crippen molar-refractivity contribution < 1.29 is 22.7 Å². The van der Waals surface area contributed by atoms with E-state index in [9.17, 15) is 13.2 Å². The number of sulfonamides is 1. The molecule has 3 rings (SSSR count). The first kappa shape index (κ1) is 21.1. The lowest BCUT2D eigenvalue weighted by atomic mass is 10.0. The molecule has 0 bridgehead atoms. The largest absolute Gasteiger partial charge is 0.497 e. The summed E-state index contributed by atoms with van der Waals surface area (Å²) in [5.74, 6) is 1.18. The van der Waals surface area contributed by atoms with E-state index >= 15 is 0 Å². The van der Waals surface area contributed by atoms with Crippen LogP contribution in [0.2, 0.25) is 0 Å². The van der Waals surface area contributed by atoms with Crippen LogP contribution >= 0.6 is 0 Å². The van der Waals surface area contributed by atoms with Crippen molar-refractivity contribution in [2.45, 2.75) is 19.4 Å². The van der Waals surface area contributed by atoms with E-state index in [0.717, 1.165) is 28.2 Å². The molecule has 2 aromatic carbocycles. The van der Waals surface area contributed by atoms with E-state index in [2.05, 4.69) is 5.32 Å². The second kappa shape index (κ2) is 9.28. The molecule has 29 heavy (non-hydrogen) atoms. The summed E-state index contributed by atoms with van der Waals surface area (Å²) in [7, 11) is -0.250. The number of hydrogen-bond acceptors (Lipinski definition) is 5. The maximum atomic E-state index is 12.7. The molecule has 1 N–H and O–H groups in total. The van der Waals surface area contributed by atoms with Crippen molar-refractivity contribution >= 4 is 15.9 Å². The van der Waals surface area contributed by atoms with Gasteiger partial charge in [-0.05, 0) is 47.4 Å². The Bertz CT molecular complexity index is 958. The fraction of sp³-hybridized carbons (Fsp3) is 0.381. The molecule has 0 aliphatic carbocycles. The topological polar surface area (TPSA) is 84.9 Å². The van der Waals surface area contributed by atoms with Gasteiger partial charge in [-0.2, -0.15) is 4.31 Å². The molecule has 0 atom stereocenters. The first-order chi connectivity index (χ1) is 13.9. The predicted octanol–water partition coefficient (Wildman–Crippen LogP) is 1.75. The number of carbonyl (C=O) groups is 1. The van der Waals surface area contributed by atoms with Crippen LogP contribution in [0.25, 0.3) is 0 Å². The minimum absolute atomic E-state index is 0.0866. The smallest absolute Gasteiger partial charge is 0.224 e. The van der Waals surface area contributed by atoms with E-state index in [0.29, 0.717) is 19.5 Å². The van der Waals surface area contributed by atoms with Gasteiger partial charge in [-0.3, -0.25) is 4.79 Å². The molecule has 0 spiro atoms. The number of rotatable bonds is 8. The molecule has 1 heterocycles. The van der Waals surface area contributed by atoms with Crippen molar-refractivity contribution in [3.8, 4) is 11.5 Å². The van der Waals surface area contributed by atoms with Crippen LogP contribution in [-0.4, -0.2) is 51.7 Å². The van der Waals surface area contributed by atoms with E-state index in [1.165, 1.54) is 4.31 Å². The number of ether oxygens (including phenoxy) is 2. The highest BCUT2D eigenvalue weighted by atomic mass is 32.2. The summed E-state index contributed by atoms with van der Waals surface area (Å²) in [6.07, 6.45) is 0.846. The fourth-order valence-corrected chi connectivity index (χ4v) is 4.63. The Morgan fingerprint density at radius 2 is 1.72 bits per heavy atom. The van der Waals surface area contributed by atoms with Crippen LogP contribution in [-0.2, 0) is 34.2 Å². The standard InChI is InChI=1S/C21H26N2O5S/c1-27-19-6-3-16(4-7-19)13-21(24)22-10-12-29(25,26)23-11-9-17-14-20(28-2)8-5-18(17)15-23/h3-8,14H,9-13,15H2,1-2H3,(H,22,24). The van der Waals surface area contributed by atoms with E-state index in [1.807, 2.05) is 30.3 Å². The van der Waals surface area contributed by atoms with Gasteiger partial charge < -0.3 is 14.8 Å². The summed E-state index contributed by atoms with van der Waals surface area (Å²) in [6.45, 7) is 0.868. The van der Waals surface area contributed by atoms with Gasteiger partial charge in [-0.1, -0.05) is 18.2 Å². The zero-order valence-electron chi connectivity index (χ0n) is 16.7. The molecule has 0 fully saturated rings. The van der Waals surface area contributed by atoms with Gasteiger partial charge in [0, 0.05) is 19.6 Å². The summed E-state index contributed by atoms with van der Waals surface area (Å²) in [6, 6.07) is 12.9. The fourth-order valence-electron chi connectivity index (χ4n) is 3.31. The SMILES string of the molecule is COc1ccc(CC(=O)NCCS(=O)(=O)N2CCc3cc(OC)ccc3C2)cc1. The second-order valence-corrected chi connectivity index (χ2v) is 9.00. The van der Waals surface area contributed by atoms with E-state index in [4.69, 9.17) is 9.47 Å². The number of benzene rings is 2. The summed E-state index contributed by atoms with van der Waals surface area (Å²) >= 11 is 0. The third kappa shape index (κ3) is 5.48. The molecular weight excluding hydrogens is 392 g/mol. The Hall–Kier alpha value is -2.58.